The van der Waals surface area contributed by atoms with E-state index in [1.54, 1.807) is 7.11 Å². The van der Waals surface area contributed by atoms with E-state index in [2.05, 4.69) is 43.4 Å². The zero-order chi connectivity index (χ0) is 15.1. The first-order valence-corrected chi connectivity index (χ1v) is 8.20. The maximum Gasteiger partial charge on any atom is 0.0842 e. The normalized spacial score (nSPS) is 20.8. The van der Waals surface area contributed by atoms with Crippen LogP contribution in [0.3, 0.4) is 0 Å². The second-order valence-corrected chi connectivity index (χ2v) is 5.98. The van der Waals surface area contributed by atoms with E-state index in [9.17, 15) is 0 Å². The van der Waals surface area contributed by atoms with Crippen molar-refractivity contribution in [3.63, 3.8) is 0 Å². The van der Waals surface area contributed by atoms with Crippen LogP contribution in [0.5, 0.6) is 0 Å². The van der Waals surface area contributed by atoms with Crippen LogP contribution in [-0.4, -0.2) is 32.4 Å². The van der Waals surface area contributed by atoms with Crippen LogP contribution in [0.25, 0.3) is 0 Å². The van der Waals surface area contributed by atoms with Crippen LogP contribution in [0.2, 0.25) is 0 Å². The summed E-state index contributed by atoms with van der Waals surface area (Å²) < 4.78 is 11.5. The molecule has 2 rings (SSSR count). The molecule has 0 aromatic heterocycles. The molecule has 0 fully saturated rings. The van der Waals surface area contributed by atoms with E-state index < -0.39 is 0 Å². The van der Waals surface area contributed by atoms with Gasteiger partial charge in [0.1, 0.15) is 0 Å². The van der Waals surface area contributed by atoms with Crippen molar-refractivity contribution in [1.82, 2.24) is 5.32 Å². The molecule has 3 unspecified atom stereocenters. The molecule has 0 radical (unpaired) electrons. The first-order valence-electron chi connectivity index (χ1n) is 8.20. The summed E-state index contributed by atoms with van der Waals surface area (Å²) in [6, 6.07) is 9.14. The maximum absolute atomic E-state index is 6.05. The highest BCUT2D eigenvalue weighted by Crippen LogP contribution is 2.31. The van der Waals surface area contributed by atoms with Gasteiger partial charge >= 0.3 is 0 Å². The minimum Gasteiger partial charge on any atom is -0.382 e. The van der Waals surface area contributed by atoms with E-state index in [0.29, 0.717) is 6.04 Å². The summed E-state index contributed by atoms with van der Waals surface area (Å²) in [6.45, 7) is 6.23. The Kier molecular flexibility index (Phi) is 6.68. The van der Waals surface area contributed by atoms with Crippen molar-refractivity contribution in [3.8, 4) is 0 Å². The minimum atomic E-state index is 0.216. The van der Waals surface area contributed by atoms with Crippen molar-refractivity contribution in [3.05, 3.63) is 35.4 Å². The molecule has 0 aliphatic carbocycles. The summed E-state index contributed by atoms with van der Waals surface area (Å²) in [5.41, 5.74) is 2.82. The highest BCUT2D eigenvalue weighted by atomic mass is 16.5. The van der Waals surface area contributed by atoms with Gasteiger partial charge in [-0.25, -0.2) is 0 Å². The molecule has 3 heteroatoms. The molecule has 1 aromatic carbocycles. The van der Waals surface area contributed by atoms with Crippen LogP contribution in [0.4, 0.5) is 0 Å². The van der Waals surface area contributed by atoms with Crippen molar-refractivity contribution in [1.29, 1.82) is 0 Å². The molecule has 1 heterocycles. The van der Waals surface area contributed by atoms with E-state index in [1.807, 2.05) is 0 Å². The quantitative estimate of drug-likeness (QED) is 0.795. The van der Waals surface area contributed by atoms with Crippen LogP contribution in [0.15, 0.2) is 24.3 Å². The third-order valence-corrected chi connectivity index (χ3v) is 4.29. The second kappa shape index (κ2) is 8.52. The fraction of sp³-hybridized carbons (Fsp3) is 0.667. The third kappa shape index (κ3) is 4.80. The van der Waals surface area contributed by atoms with Crippen molar-refractivity contribution in [2.75, 3.05) is 20.3 Å². The Hall–Kier alpha value is -0.900. The van der Waals surface area contributed by atoms with Crippen LogP contribution >= 0.6 is 0 Å². The van der Waals surface area contributed by atoms with Gasteiger partial charge in [-0.1, -0.05) is 31.2 Å². The van der Waals surface area contributed by atoms with Gasteiger partial charge in [0.05, 0.1) is 18.8 Å². The Balaban J connectivity index is 2.02. The Morgan fingerprint density at radius 2 is 2.19 bits per heavy atom. The molecule has 1 aromatic rings. The average molecular weight is 291 g/mol. The first kappa shape index (κ1) is 16.5. The predicted molar refractivity (Wildman–Crippen MR) is 86.6 cm³/mol. The van der Waals surface area contributed by atoms with E-state index in [-0.39, 0.29) is 12.2 Å². The summed E-state index contributed by atoms with van der Waals surface area (Å²) in [7, 11) is 1.79. The summed E-state index contributed by atoms with van der Waals surface area (Å²) in [5, 5.41) is 3.65. The van der Waals surface area contributed by atoms with Gasteiger partial charge in [0, 0.05) is 13.2 Å². The molecule has 1 aliphatic heterocycles. The fourth-order valence-electron chi connectivity index (χ4n) is 3.04. The van der Waals surface area contributed by atoms with Gasteiger partial charge in [-0.15, -0.1) is 0 Å². The fourth-order valence-corrected chi connectivity index (χ4v) is 3.04. The van der Waals surface area contributed by atoms with Crippen LogP contribution in [0.1, 0.15) is 50.3 Å². The number of rotatable bonds is 8. The van der Waals surface area contributed by atoms with Crippen molar-refractivity contribution in [2.24, 2.45) is 0 Å². The number of fused-ring (bicyclic) bond motifs is 1. The minimum absolute atomic E-state index is 0.216. The van der Waals surface area contributed by atoms with E-state index >= 15 is 0 Å². The molecule has 0 spiro atoms. The monoisotopic (exact) mass is 291 g/mol. The van der Waals surface area contributed by atoms with Gasteiger partial charge in [-0.2, -0.15) is 0 Å². The topological polar surface area (TPSA) is 30.5 Å². The lowest BCUT2D eigenvalue weighted by Gasteiger charge is -2.30. The Labute approximate surface area is 129 Å². The number of hydrogen-bond acceptors (Lipinski definition) is 3. The highest BCUT2D eigenvalue weighted by Gasteiger charge is 2.24. The smallest absolute Gasteiger partial charge is 0.0842 e. The molecule has 118 valence electrons. The predicted octanol–water partition coefficient (Wildman–Crippen LogP) is 3.48. The zero-order valence-corrected chi connectivity index (χ0v) is 13.6. The Morgan fingerprint density at radius 1 is 1.38 bits per heavy atom. The summed E-state index contributed by atoms with van der Waals surface area (Å²) >= 11 is 0. The van der Waals surface area contributed by atoms with Gasteiger partial charge in [-0.3, -0.25) is 0 Å². The molecule has 0 saturated heterocycles. The van der Waals surface area contributed by atoms with E-state index in [0.717, 1.165) is 38.8 Å². The Bertz CT molecular complexity index is 421. The first-order chi connectivity index (χ1) is 10.2. The number of nitrogens with one attached hydrogen (secondary N) is 1. The highest BCUT2D eigenvalue weighted by molar-refractivity contribution is 5.31. The molecule has 0 amide bonds. The molecule has 3 nitrogen and oxygen atoms in total. The van der Waals surface area contributed by atoms with Gasteiger partial charge in [-0.05, 0) is 50.3 Å². The van der Waals surface area contributed by atoms with Gasteiger partial charge in [0.25, 0.3) is 0 Å². The van der Waals surface area contributed by atoms with E-state index in [4.69, 9.17) is 9.47 Å². The molecular weight excluding hydrogens is 262 g/mol. The lowest BCUT2D eigenvalue weighted by molar-refractivity contribution is 0.0222. The van der Waals surface area contributed by atoms with Gasteiger partial charge < -0.3 is 14.8 Å². The number of methoxy groups -OCH3 is 1. The molecule has 3 atom stereocenters. The van der Waals surface area contributed by atoms with Crippen LogP contribution in [0, 0.1) is 0 Å². The molecule has 1 N–H and O–H groups in total. The van der Waals surface area contributed by atoms with Crippen LogP contribution < -0.4 is 5.32 Å². The standard InChI is InChI=1S/C18H29NO2/c1-4-10-19-16(12-14(2)20-3)13-18-17-8-6-5-7-15(17)9-11-21-18/h5-8,14,16,18-19H,4,9-13H2,1-3H3. The summed E-state index contributed by atoms with van der Waals surface area (Å²) in [5.74, 6) is 0. The lowest BCUT2D eigenvalue weighted by Crippen LogP contribution is -2.35. The largest absolute Gasteiger partial charge is 0.382 e. The number of ether oxygens (including phenoxy) is 2. The second-order valence-electron chi connectivity index (χ2n) is 5.98. The molecule has 21 heavy (non-hydrogen) atoms. The number of hydrogen-bond donors (Lipinski definition) is 1. The maximum atomic E-state index is 6.05. The molecule has 0 bridgehead atoms. The van der Waals surface area contributed by atoms with Crippen molar-refractivity contribution < 1.29 is 9.47 Å². The average Bonchev–Trinajstić information content (AvgIpc) is 2.52. The van der Waals surface area contributed by atoms with Crippen molar-refractivity contribution >= 4 is 0 Å². The zero-order valence-electron chi connectivity index (χ0n) is 13.6. The van der Waals surface area contributed by atoms with E-state index in [1.165, 1.54) is 11.1 Å². The van der Waals surface area contributed by atoms with Gasteiger partial charge in [0.15, 0.2) is 0 Å². The Morgan fingerprint density at radius 3 is 2.95 bits per heavy atom. The van der Waals surface area contributed by atoms with Gasteiger partial charge in [0.2, 0.25) is 0 Å². The summed E-state index contributed by atoms with van der Waals surface area (Å²) in [6.07, 6.45) is 4.73. The lowest BCUT2D eigenvalue weighted by atomic mass is 9.92. The third-order valence-electron chi connectivity index (χ3n) is 4.29. The molecular formula is C18H29NO2. The number of benzene rings is 1. The van der Waals surface area contributed by atoms with Crippen LogP contribution in [-0.2, 0) is 15.9 Å². The molecule has 1 aliphatic rings. The summed E-state index contributed by atoms with van der Waals surface area (Å²) in [4.78, 5) is 0. The SMILES string of the molecule is CCCNC(CC(C)OC)CC1OCCc2ccccc21. The molecule has 0 saturated carbocycles. The van der Waals surface area contributed by atoms with Crippen molar-refractivity contribution in [2.45, 2.75) is 57.8 Å².